The maximum absolute atomic E-state index is 12.4. The minimum Gasteiger partial charge on any atom is -0.322 e. The molecule has 0 saturated heterocycles. The molecule has 0 N–H and O–H groups in total. The fraction of sp³-hybridized carbons (Fsp3) is 0.467. The molecular formula is C15H16N2O. The van der Waals surface area contributed by atoms with Crippen molar-refractivity contribution >= 4 is 5.91 Å². The highest BCUT2D eigenvalue weighted by molar-refractivity contribution is 5.95. The van der Waals surface area contributed by atoms with Crippen molar-refractivity contribution in [1.82, 2.24) is 4.90 Å². The molecule has 2 aliphatic carbocycles. The van der Waals surface area contributed by atoms with Gasteiger partial charge in [0.05, 0.1) is 6.07 Å². The fourth-order valence-electron chi connectivity index (χ4n) is 2.70. The van der Waals surface area contributed by atoms with E-state index < -0.39 is 0 Å². The first-order valence-corrected chi connectivity index (χ1v) is 6.59. The predicted octanol–water partition coefficient (Wildman–Crippen LogP) is 2.30. The summed E-state index contributed by atoms with van der Waals surface area (Å²) in [5.74, 6) is 0.0220. The zero-order chi connectivity index (χ0) is 12.5. The van der Waals surface area contributed by atoms with Gasteiger partial charge in [-0.15, -0.1) is 0 Å². The maximum atomic E-state index is 12.4. The number of hydrogen-bond acceptors (Lipinski definition) is 2. The quantitative estimate of drug-likeness (QED) is 0.761. The van der Waals surface area contributed by atoms with Crippen LogP contribution in [0.2, 0.25) is 0 Å². The molecule has 92 valence electrons. The van der Waals surface area contributed by atoms with Crippen LogP contribution < -0.4 is 0 Å². The fourth-order valence-corrected chi connectivity index (χ4v) is 2.70. The number of amides is 1. The van der Waals surface area contributed by atoms with Crippen molar-refractivity contribution < 1.29 is 4.79 Å². The van der Waals surface area contributed by atoms with E-state index in [2.05, 4.69) is 12.1 Å². The van der Waals surface area contributed by atoms with E-state index in [0.717, 1.165) is 31.2 Å². The topological polar surface area (TPSA) is 44.1 Å². The molecule has 18 heavy (non-hydrogen) atoms. The van der Waals surface area contributed by atoms with Crippen LogP contribution in [0.3, 0.4) is 0 Å². The first-order chi connectivity index (χ1) is 8.79. The Morgan fingerprint density at radius 1 is 1.33 bits per heavy atom. The Kier molecular flexibility index (Phi) is 2.79. The predicted molar refractivity (Wildman–Crippen MR) is 68.1 cm³/mol. The summed E-state index contributed by atoms with van der Waals surface area (Å²) >= 11 is 0. The number of benzene rings is 1. The van der Waals surface area contributed by atoms with Crippen LogP contribution in [0.5, 0.6) is 0 Å². The van der Waals surface area contributed by atoms with Gasteiger partial charge in [0.2, 0.25) is 0 Å². The first-order valence-electron chi connectivity index (χ1n) is 6.59. The van der Waals surface area contributed by atoms with Gasteiger partial charge in [0.25, 0.3) is 5.91 Å². The van der Waals surface area contributed by atoms with Crippen LogP contribution in [0.25, 0.3) is 0 Å². The van der Waals surface area contributed by atoms with Crippen molar-refractivity contribution in [3.05, 3.63) is 34.9 Å². The number of carbonyl (C=O) groups excluding carboxylic acids is 1. The Labute approximate surface area is 107 Å². The van der Waals surface area contributed by atoms with Gasteiger partial charge in [0.1, 0.15) is 6.54 Å². The third kappa shape index (κ3) is 1.99. The molecular weight excluding hydrogens is 224 g/mol. The molecule has 1 fully saturated rings. The molecule has 3 nitrogen and oxygen atoms in total. The van der Waals surface area contributed by atoms with Gasteiger partial charge in [0.15, 0.2) is 0 Å². The van der Waals surface area contributed by atoms with Crippen molar-refractivity contribution in [2.75, 3.05) is 6.54 Å². The lowest BCUT2D eigenvalue weighted by Gasteiger charge is -2.19. The van der Waals surface area contributed by atoms with Gasteiger partial charge >= 0.3 is 0 Å². The number of nitrogens with zero attached hydrogens (tertiary/aromatic N) is 2. The summed E-state index contributed by atoms with van der Waals surface area (Å²) in [4.78, 5) is 14.1. The molecule has 0 atom stereocenters. The van der Waals surface area contributed by atoms with Crippen LogP contribution in [0, 0.1) is 11.3 Å². The molecule has 2 aliphatic rings. The minimum absolute atomic E-state index is 0.0220. The highest BCUT2D eigenvalue weighted by Crippen LogP contribution is 2.29. The van der Waals surface area contributed by atoms with E-state index in [-0.39, 0.29) is 12.5 Å². The normalized spacial score (nSPS) is 17.1. The van der Waals surface area contributed by atoms with Crippen LogP contribution in [0.1, 0.15) is 40.7 Å². The molecule has 1 amide bonds. The molecule has 0 heterocycles. The van der Waals surface area contributed by atoms with Crippen molar-refractivity contribution in [1.29, 1.82) is 5.26 Å². The van der Waals surface area contributed by atoms with Crippen molar-refractivity contribution in [2.45, 2.75) is 38.1 Å². The number of aryl methyl sites for hydroxylation is 2. The number of carbonyl (C=O) groups is 1. The summed E-state index contributed by atoms with van der Waals surface area (Å²) in [7, 11) is 0. The third-order valence-electron chi connectivity index (χ3n) is 3.84. The third-order valence-corrected chi connectivity index (χ3v) is 3.84. The van der Waals surface area contributed by atoms with Crippen LogP contribution in [-0.2, 0) is 12.8 Å². The lowest BCUT2D eigenvalue weighted by Crippen LogP contribution is -2.33. The Bertz CT molecular complexity index is 526. The smallest absolute Gasteiger partial charge is 0.254 e. The Hall–Kier alpha value is -1.82. The molecule has 0 aliphatic heterocycles. The van der Waals surface area contributed by atoms with Gasteiger partial charge in [-0.3, -0.25) is 4.79 Å². The summed E-state index contributed by atoms with van der Waals surface area (Å²) in [6.45, 7) is 0.209. The van der Waals surface area contributed by atoms with Gasteiger partial charge in [0, 0.05) is 11.6 Å². The van der Waals surface area contributed by atoms with Crippen LogP contribution in [0.15, 0.2) is 18.2 Å². The maximum Gasteiger partial charge on any atom is 0.254 e. The molecule has 0 radical (unpaired) electrons. The lowest BCUT2D eigenvalue weighted by molar-refractivity contribution is 0.0765. The standard InChI is InChI=1S/C15H16N2O/c16-8-9-17(14-6-7-14)15(18)13-5-4-11-2-1-3-12(11)10-13/h4-5,10,14H,1-3,6-7,9H2. The van der Waals surface area contributed by atoms with Crippen molar-refractivity contribution in [3.63, 3.8) is 0 Å². The van der Waals surface area contributed by atoms with E-state index in [4.69, 9.17) is 5.26 Å². The van der Waals surface area contributed by atoms with E-state index in [1.54, 1.807) is 4.90 Å². The lowest BCUT2D eigenvalue weighted by atomic mass is 10.1. The molecule has 1 saturated carbocycles. The number of fused-ring (bicyclic) bond motifs is 1. The number of rotatable bonds is 3. The zero-order valence-corrected chi connectivity index (χ0v) is 10.4. The van der Waals surface area contributed by atoms with Crippen LogP contribution in [0.4, 0.5) is 0 Å². The average Bonchev–Trinajstić information content (AvgIpc) is 3.12. The second kappa shape index (κ2) is 4.45. The van der Waals surface area contributed by atoms with Crippen molar-refractivity contribution in [2.24, 2.45) is 0 Å². The van der Waals surface area contributed by atoms with E-state index >= 15 is 0 Å². The zero-order valence-electron chi connectivity index (χ0n) is 10.4. The van der Waals surface area contributed by atoms with E-state index in [9.17, 15) is 4.79 Å². The van der Waals surface area contributed by atoms with E-state index in [1.165, 1.54) is 17.5 Å². The van der Waals surface area contributed by atoms with Gasteiger partial charge < -0.3 is 4.90 Å². The molecule has 0 aromatic heterocycles. The SMILES string of the molecule is N#CCN(C(=O)c1ccc2c(c1)CCC2)C1CC1. The van der Waals surface area contributed by atoms with E-state index in [0.29, 0.717) is 6.04 Å². The summed E-state index contributed by atoms with van der Waals surface area (Å²) in [6.07, 6.45) is 5.49. The number of nitriles is 1. The molecule has 0 bridgehead atoms. The molecule has 3 heteroatoms. The molecule has 3 rings (SSSR count). The Balaban J connectivity index is 1.85. The van der Waals surface area contributed by atoms with E-state index in [1.807, 2.05) is 12.1 Å². The second-order valence-electron chi connectivity index (χ2n) is 5.16. The molecule has 1 aromatic carbocycles. The van der Waals surface area contributed by atoms with Gasteiger partial charge in [-0.05, 0) is 55.4 Å². The number of hydrogen-bond donors (Lipinski definition) is 0. The van der Waals surface area contributed by atoms with Crippen LogP contribution >= 0.6 is 0 Å². The summed E-state index contributed by atoms with van der Waals surface area (Å²) < 4.78 is 0. The monoisotopic (exact) mass is 240 g/mol. The molecule has 0 spiro atoms. The summed E-state index contributed by atoms with van der Waals surface area (Å²) in [5, 5.41) is 8.82. The van der Waals surface area contributed by atoms with Gasteiger partial charge in [-0.2, -0.15) is 5.26 Å². The largest absolute Gasteiger partial charge is 0.322 e. The Morgan fingerprint density at radius 3 is 2.83 bits per heavy atom. The average molecular weight is 240 g/mol. The molecule has 0 unspecified atom stereocenters. The highest BCUT2D eigenvalue weighted by Gasteiger charge is 2.33. The second-order valence-corrected chi connectivity index (χ2v) is 5.16. The Morgan fingerprint density at radius 2 is 2.11 bits per heavy atom. The van der Waals surface area contributed by atoms with Gasteiger partial charge in [-0.1, -0.05) is 6.07 Å². The summed E-state index contributed by atoms with van der Waals surface area (Å²) in [5.41, 5.74) is 3.44. The van der Waals surface area contributed by atoms with Crippen molar-refractivity contribution in [3.8, 4) is 6.07 Å². The van der Waals surface area contributed by atoms with Crippen LogP contribution in [-0.4, -0.2) is 23.4 Å². The molecule has 1 aromatic rings. The minimum atomic E-state index is 0.0220. The van der Waals surface area contributed by atoms with Gasteiger partial charge in [-0.25, -0.2) is 0 Å². The first kappa shape index (κ1) is 11.3. The summed E-state index contributed by atoms with van der Waals surface area (Å²) in [6, 6.07) is 8.41. The highest BCUT2D eigenvalue weighted by atomic mass is 16.2.